The molecule has 2 N–H and O–H groups in total. The Labute approximate surface area is 132 Å². The fourth-order valence-electron chi connectivity index (χ4n) is 2.15. The Balaban J connectivity index is 2.34. The van der Waals surface area contributed by atoms with Crippen molar-refractivity contribution in [3.63, 3.8) is 0 Å². The number of halogens is 1. The number of sulfonamides is 1. The fraction of sp³-hybridized carbons (Fsp3) is 0.600. The van der Waals surface area contributed by atoms with Crippen molar-refractivity contribution in [2.75, 3.05) is 0 Å². The first-order valence-electron chi connectivity index (χ1n) is 7.19. The van der Waals surface area contributed by atoms with Gasteiger partial charge >= 0.3 is 0 Å². The molecule has 21 heavy (non-hydrogen) atoms. The molecule has 0 radical (unpaired) electrons. The first-order chi connectivity index (χ1) is 9.63. The predicted molar refractivity (Wildman–Crippen MR) is 86.1 cm³/mol. The normalized spacial score (nSPS) is 17.2. The van der Waals surface area contributed by atoms with Crippen LogP contribution in [0.3, 0.4) is 0 Å². The zero-order valence-corrected chi connectivity index (χ0v) is 14.5. The first-order valence-corrected chi connectivity index (χ1v) is 9.05. The largest absolute Gasteiger partial charge is 0.310 e. The summed E-state index contributed by atoms with van der Waals surface area (Å²) in [5, 5.41) is 3.74. The monoisotopic (exact) mass is 330 g/mol. The van der Waals surface area contributed by atoms with Crippen molar-refractivity contribution in [3.05, 3.63) is 28.3 Å². The lowest BCUT2D eigenvalue weighted by atomic mass is 10.1. The lowest BCUT2D eigenvalue weighted by molar-refractivity contribution is 0.556. The molecule has 0 spiro atoms. The SMILES string of the molecule is Cc1c(CNC(C)C)cc(Cl)cc1S(=O)(=O)NC1(C)CC1. The number of hydrogen-bond acceptors (Lipinski definition) is 3. The average molecular weight is 331 g/mol. The summed E-state index contributed by atoms with van der Waals surface area (Å²) in [4.78, 5) is 0.281. The molecule has 6 heteroatoms. The Morgan fingerprint density at radius 3 is 2.48 bits per heavy atom. The summed E-state index contributed by atoms with van der Waals surface area (Å²) < 4.78 is 27.9. The molecule has 1 aliphatic carbocycles. The molecule has 1 aliphatic rings. The summed E-state index contributed by atoms with van der Waals surface area (Å²) in [6.45, 7) is 8.45. The molecule has 0 aromatic heterocycles. The van der Waals surface area contributed by atoms with Gasteiger partial charge in [0.15, 0.2) is 0 Å². The standard InChI is InChI=1S/C15H23ClN2O2S/c1-10(2)17-9-12-7-13(16)8-14(11(12)3)21(19,20)18-15(4)5-6-15/h7-8,10,17-18H,5-6,9H2,1-4H3. The maximum Gasteiger partial charge on any atom is 0.241 e. The molecule has 0 unspecified atom stereocenters. The van der Waals surface area contributed by atoms with E-state index in [1.165, 1.54) is 6.07 Å². The Hall–Kier alpha value is -0.620. The highest BCUT2D eigenvalue weighted by Gasteiger charge is 2.41. The van der Waals surface area contributed by atoms with Gasteiger partial charge in [0.2, 0.25) is 10.0 Å². The first kappa shape index (κ1) is 16.7. The van der Waals surface area contributed by atoms with Crippen molar-refractivity contribution in [2.45, 2.75) is 63.6 Å². The van der Waals surface area contributed by atoms with E-state index in [2.05, 4.69) is 10.0 Å². The van der Waals surface area contributed by atoms with Crippen LogP contribution in [-0.4, -0.2) is 20.0 Å². The minimum atomic E-state index is -3.53. The van der Waals surface area contributed by atoms with Crippen LogP contribution in [0.5, 0.6) is 0 Å². The van der Waals surface area contributed by atoms with Crippen LogP contribution in [-0.2, 0) is 16.6 Å². The Kier molecular flexibility index (Phi) is 4.69. The summed E-state index contributed by atoms with van der Waals surface area (Å²) in [7, 11) is -3.53. The number of benzene rings is 1. The summed E-state index contributed by atoms with van der Waals surface area (Å²) in [5.41, 5.74) is 1.38. The third kappa shape index (κ3) is 4.19. The third-order valence-corrected chi connectivity index (χ3v) is 5.79. The minimum Gasteiger partial charge on any atom is -0.310 e. The molecule has 0 atom stereocenters. The van der Waals surface area contributed by atoms with Gasteiger partial charge in [-0.15, -0.1) is 0 Å². The van der Waals surface area contributed by atoms with Crippen molar-refractivity contribution < 1.29 is 8.42 Å². The lowest BCUT2D eigenvalue weighted by Crippen LogP contribution is -2.34. The fourth-order valence-corrected chi connectivity index (χ4v) is 4.24. The van der Waals surface area contributed by atoms with E-state index in [0.717, 1.165) is 24.0 Å². The van der Waals surface area contributed by atoms with E-state index in [1.54, 1.807) is 0 Å². The summed E-state index contributed by atoms with van der Waals surface area (Å²) >= 11 is 6.11. The Morgan fingerprint density at radius 2 is 1.95 bits per heavy atom. The van der Waals surface area contributed by atoms with Crippen LogP contribution in [0.25, 0.3) is 0 Å². The second-order valence-electron chi connectivity index (χ2n) is 6.39. The number of nitrogens with one attached hydrogen (secondary N) is 2. The van der Waals surface area contributed by atoms with E-state index < -0.39 is 10.0 Å². The summed E-state index contributed by atoms with van der Waals surface area (Å²) in [6.07, 6.45) is 1.77. The molecule has 1 aromatic rings. The van der Waals surface area contributed by atoms with Gasteiger partial charge in [-0.2, -0.15) is 0 Å². The lowest BCUT2D eigenvalue weighted by Gasteiger charge is -2.17. The van der Waals surface area contributed by atoms with Crippen LogP contribution in [0.4, 0.5) is 0 Å². The van der Waals surface area contributed by atoms with Gasteiger partial charge in [-0.25, -0.2) is 13.1 Å². The van der Waals surface area contributed by atoms with Gasteiger partial charge in [-0.05, 0) is 49.9 Å². The molecule has 0 amide bonds. The third-order valence-electron chi connectivity index (χ3n) is 3.80. The second-order valence-corrected chi connectivity index (χ2v) is 8.48. The van der Waals surface area contributed by atoms with Crippen molar-refractivity contribution in [1.82, 2.24) is 10.0 Å². The predicted octanol–water partition coefficient (Wildman–Crippen LogP) is 2.98. The molecular weight excluding hydrogens is 308 g/mol. The topological polar surface area (TPSA) is 58.2 Å². The maximum atomic E-state index is 12.6. The van der Waals surface area contributed by atoms with Crippen LogP contribution in [0, 0.1) is 6.92 Å². The van der Waals surface area contributed by atoms with Crippen molar-refractivity contribution >= 4 is 21.6 Å². The van der Waals surface area contributed by atoms with E-state index in [9.17, 15) is 8.42 Å². The van der Waals surface area contributed by atoms with Crippen molar-refractivity contribution in [3.8, 4) is 0 Å². The van der Waals surface area contributed by atoms with E-state index in [4.69, 9.17) is 11.6 Å². The Morgan fingerprint density at radius 1 is 1.33 bits per heavy atom. The van der Waals surface area contributed by atoms with Gasteiger partial charge in [0.1, 0.15) is 0 Å². The van der Waals surface area contributed by atoms with Gasteiger partial charge in [0.05, 0.1) is 4.90 Å². The van der Waals surface area contributed by atoms with E-state index >= 15 is 0 Å². The van der Waals surface area contributed by atoms with Crippen LogP contribution < -0.4 is 10.0 Å². The van der Waals surface area contributed by atoms with Crippen LogP contribution in [0.2, 0.25) is 5.02 Å². The number of hydrogen-bond donors (Lipinski definition) is 2. The molecule has 4 nitrogen and oxygen atoms in total. The van der Waals surface area contributed by atoms with Gasteiger partial charge < -0.3 is 5.32 Å². The Bertz CT molecular complexity index is 637. The van der Waals surface area contributed by atoms with Crippen molar-refractivity contribution in [2.24, 2.45) is 0 Å². The minimum absolute atomic E-state index is 0.281. The van der Waals surface area contributed by atoms with Gasteiger partial charge in [-0.3, -0.25) is 0 Å². The highest BCUT2D eigenvalue weighted by molar-refractivity contribution is 7.89. The average Bonchev–Trinajstić information content (AvgIpc) is 3.06. The molecule has 1 aromatic carbocycles. The molecule has 2 rings (SSSR count). The van der Waals surface area contributed by atoms with Gasteiger partial charge in [0.25, 0.3) is 0 Å². The molecule has 0 bridgehead atoms. The maximum absolute atomic E-state index is 12.6. The smallest absolute Gasteiger partial charge is 0.241 e. The van der Waals surface area contributed by atoms with Gasteiger partial charge in [0, 0.05) is 23.1 Å². The number of rotatable bonds is 6. The van der Waals surface area contributed by atoms with E-state index in [0.29, 0.717) is 17.6 Å². The molecule has 1 saturated carbocycles. The molecule has 1 fully saturated rings. The zero-order valence-electron chi connectivity index (χ0n) is 13.0. The zero-order chi connectivity index (χ0) is 15.8. The van der Waals surface area contributed by atoms with Crippen LogP contribution >= 0.6 is 11.6 Å². The van der Waals surface area contributed by atoms with Crippen molar-refractivity contribution in [1.29, 1.82) is 0 Å². The molecular formula is C15H23ClN2O2S. The second kappa shape index (κ2) is 5.88. The van der Waals surface area contributed by atoms with Crippen LogP contribution in [0.1, 0.15) is 44.7 Å². The highest BCUT2D eigenvalue weighted by atomic mass is 35.5. The summed E-state index contributed by atoms with van der Waals surface area (Å²) in [5.74, 6) is 0. The molecule has 0 heterocycles. The van der Waals surface area contributed by atoms with Crippen LogP contribution in [0.15, 0.2) is 17.0 Å². The quantitative estimate of drug-likeness (QED) is 0.843. The van der Waals surface area contributed by atoms with Gasteiger partial charge in [-0.1, -0.05) is 25.4 Å². The highest BCUT2D eigenvalue weighted by Crippen LogP contribution is 2.36. The summed E-state index contributed by atoms with van der Waals surface area (Å²) in [6, 6.07) is 3.68. The molecule has 118 valence electrons. The molecule has 0 saturated heterocycles. The van der Waals surface area contributed by atoms with E-state index in [-0.39, 0.29) is 10.4 Å². The van der Waals surface area contributed by atoms with E-state index in [1.807, 2.05) is 33.8 Å². The molecule has 0 aliphatic heterocycles.